The molecule has 3 rings (SSSR count). The predicted molar refractivity (Wildman–Crippen MR) is 82.5 cm³/mol. The zero-order valence-electron chi connectivity index (χ0n) is 13.5. The lowest BCUT2D eigenvalue weighted by atomic mass is 9.77. The summed E-state index contributed by atoms with van der Waals surface area (Å²) in [4.78, 5) is 0. The van der Waals surface area contributed by atoms with Crippen LogP contribution in [-0.4, -0.2) is 26.6 Å². The zero-order valence-corrected chi connectivity index (χ0v) is 13.5. The van der Waals surface area contributed by atoms with Crippen molar-refractivity contribution in [3.8, 4) is 5.75 Å². The van der Waals surface area contributed by atoms with E-state index in [0.717, 1.165) is 38.5 Å². The molecule has 1 saturated carbocycles. The maximum absolute atomic E-state index is 14.2. The van der Waals surface area contributed by atoms with Gasteiger partial charge in [-0.05, 0) is 62.0 Å². The van der Waals surface area contributed by atoms with Crippen molar-refractivity contribution in [2.75, 3.05) is 20.3 Å². The van der Waals surface area contributed by atoms with Gasteiger partial charge in [0.25, 0.3) is 0 Å². The highest BCUT2D eigenvalue weighted by Gasteiger charge is 2.27. The molecule has 1 aliphatic heterocycles. The number of benzene rings is 1. The van der Waals surface area contributed by atoms with Crippen LogP contribution < -0.4 is 4.74 Å². The maximum atomic E-state index is 14.2. The van der Waals surface area contributed by atoms with Crippen molar-refractivity contribution < 1.29 is 23.0 Å². The molecule has 0 bridgehead atoms. The molecule has 0 unspecified atom stereocenters. The summed E-state index contributed by atoms with van der Waals surface area (Å²) in [6, 6.07) is 3.19. The van der Waals surface area contributed by atoms with Crippen molar-refractivity contribution in [3.05, 3.63) is 29.3 Å². The average Bonchev–Trinajstić information content (AvgIpc) is 3.10. The van der Waals surface area contributed by atoms with Gasteiger partial charge in [-0.15, -0.1) is 0 Å². The molecule has 3 nitrogen and oxygen atoms in total. The van der Waals surface area contributed by atoms with Gasteiger partial charge < -0.3 is 14.2 Å². The number of rotatable bonds is 5. The van der Waals surface area contributed by atoms with Crippen LogP contribution in [0.1, 0.15) is 50.0 Å². The first-order valence-electron chi connectivity index (χ1n) is 8.44. The van der Waals surface area contributed by atoms with E-state index in [2.05, 4.69) is 0 Å². The fraction of sp³-hybridized carbons (Fsp3) is 0.667. The normalized spacial score (nSPS) is 25.7. The van der Waals surface area contributed by atoms with Gasteiger partial charge in [0.2, 0.25) is 5.82 Å². The molecule has 23 heavy (non-hydrogen) atoms. The van der Waals surface area contributed by atoms with Gasteiger partial charge in [0.15, 0.2) is 17.9 Å². The van der Waals surface area contributed by atoms with Crippen molar-refractivity contribution in [1.82, 2.24) is 0 Å². The van der Waals surface area contributed by atoms with Crippen LogP contribution in [0.4, 0.5) is 8.78 Å². The molecule has 1 aliphatic carbocycles. The molecule has 0 atom stereocenters. The van der Waals surface area contributed by atoms with Gasteiger partial charge in [-0.2, -0.15) is 4.39 Å². The first kappa shape index (κ1) is 16.7. The predicted octanol–water partition coefficient (Wildman–Crippen LogP) is 4.40. The van der Waals surface area contributed by atoms with E-state index >= 15 is 0 Å². The topological polar surface area (TPSA) is 27.7 Å². The SMILES string of the molecule is COc1ccc(C2CCC(CCC3OCCO3)CC2)c(F)c1F. The average molecular weight is 326 g/mol. The molecule has 1 saturated heterocycles. The smallest absolute Gasteiger partial charge is 0.200 e. The van der Waals surface area contributed by atoms with Gasteiger partial charge in [0.05, 0.1) is 20.3 Å². The first-order valence-corrected chi connectivity index (χ1v) is 8.44. The Balaban J connectivity index is 1.53. The van der Waals surface area contributed by atoms with E-state index in [1.54, 1.807) is 6.07 Å². The van der Waals surface area contributed by atoms with Crippen molar-refractivity contribution in [2.45, 2.75) is 50.7 Å². The number of ether oxygens (including phenoxy) is 3. The minimum Gasteiger partial charge on any atom is -0.494 e. The summed E-state index contributed by atoms with van der Waals surface area (Å²) >= 11 is 0. The van der Waals surface area contributed by atoms with E-state index in [-0.39, 0.29) is 18.0 Å². The summed E-state index contributed by atoms with van der Waals surface area (Å²) < 4.78 is 43.8. The quantitative estimate of drug-likeness (QED) is 0.802. The molecule has 1 aromatic carbocycles. The van der Waals surface area contributed by atoms with E-state index in [9.17, 15) is 8.78 Å². The Hall–Kier alpha value is -1.20. The van der Waals surface area contributed by atoms with Crippen LogP contribution in [0.3, 0.4) is 0 Å². The van der Waals surface area contributed by atoms with Crippen LogP contribution in [-0.2, 0) is 9.47 Å². The van der Waals surface area contributed by atoms with Crippen molar-refractivity contribution >= 4 is 0 Å². The number of methoxy groups -OCH3 is 1. The lowest BCUT2D eigenvalue weighted by molar-refractivity contribution is -0.0509. The van der Waals surface area contributed by atoms with Gasteiger partial charge in [-0.1, -0.05) is 6.07 Å². The molecule has 0 radical (unpaired) electrons. The highest BCUT2D eigenvalue weighted by atomic mass is 19.2. The highest BCUT2D eigenvalue weighted by Crippen LogP contribution is 2.40. The molecule has 0 amide bonds. The van der Waals surface area contributed by atoms with Crippen LogP contribution in [0.25, 0.3) is 0 Å². The summed E-state index contributed by atoms with van der Waals surface area (Å²) in [6.07, 6.45) is 5.87. The van der Waals surface area contributed by atoms with Gasteiger partial charge in [-0.25, -0.2) is 4.39 Å². The summed E-state index contributed by atoms with van der Waals surface area (Å²) in [5, 5.41) is 0. The molecule has 2 aliphatic rings. The Bertz CT molecular complexity index is 521. The lowest BCUT2D eigenvalue weighted by Gasteiger charge is -2.29. The third-order valence-corrected chi connectivity index (χ3v) is 5.08. The van der Waals surface area contributed by atoms with E-state index < -0.39 is 11.6 Å². The second-order valence-corrected chi connectivity index (χ2v) is 6.45. The molecular weight excluding hydrogens is 302 g/mol. The van der Waals surface area contributed by atoms with Crippen LogP contribution in [0.15, 0.2) is 12.1 Å². The van der Waals surface area contributed by atoms with Crippen LogP contribution >= 0.6 is 0 Å². The van der Waals surface area contributed by atoms with Crippen LogP contribution in [0, 0.1) is 17.6 Å². The minimum absolute atomic E-state index is 0.0310. The molecule has 1 aromatic rings. The maximum Gasteiger partial charge on any atom is 0.200 e. The van der Waals surface area contributed by atoms with E-state index in [4.69, 9.17) is 14.2 Å². The zero-order chi connectivity index (χ0) is 16.2. The molecule has 1 heterocycles. The summed E-state index contributed by atoms with van der Waals surface area (Å²) in [7, 11) is 1.35. The largest absolute Gasteiger partial charge is 0.494 e. The number of hydrogen-bond acceptors (Lipinski definition) is 3. The standard InChI is InChI=1S/C18H24F2O3/c1-21-15-8-7-14(17(19)18(15)20)13-5-2-12(3-6-13)4-9-16-22-10-11-23-16/h7-8,12-13,16H,2-6,9-11H2,1H3. The third kappa shape index (κ3) is 3.83. The lowest BCUT2D eigenvalue weighted by Crippen LogP contribution is -2.17. The molecule has 128 valence electrons. The molecule has 2 fully saturated rings. The van der Waals surface area contributed by atoms with Crippen molar-refractivity contribution in [3.63, 3.8) is 0 Å². The fourth-order valence-corrected chi connectivity index (χ4v) is 3.73. The van der Waals surface area contributed by atoms with E-state index in [0.29, 0.717) is 24.7 Å². The minimum atomic E-state index is -0.873. The van der Waals surface area contributed by atoms with Crippen molar-refractivity contribution in [1.29, 1.82) is 0 Å². The molecule has 5 heteroatoms. The van der Waals surface area contributed by atoms with Crippen LogP contribution in [0.2, 0.25) is 0 Å². The Morgan fingerprint density at radius 1 is 1.00 bits per heavy atom. The van der Waals surface area contributed by atoms with E-state index in [1.165, 1.54) is 13.2 Å². The fourth-order valence-electron chi connectivity index (χ4n) is 3.73. The molecule has 0 aromatic heterocycles. The van der Waals surface area contributed by atoms with Gasteiger partial charge in [0.1, 0.15) is 0 Å². The summed E-state index contributed by atoms with van der Waals surface area (Å²) in [6.45, 7) is 1.39. The molecule has 0 N–H and O–H groups in total. The van der Waals surface area contributed by atoms with Crippen molar-refractivity contribution in [2.24, 2.45) is 5.92 Å². The monoisotopic (exact) mass is 326 g/mol. The number of halogens is 2. The van der Waals surface area contributed by atoms with E-state index in [1.807, 2.05) is 0 Å². The van der Waals surface area contributed by atoms with Crippen LogP contribution in [0.5, 0.6) is 5.75 Å². The molecular formula is C18H24F2O3. The van der Waals surface area contributed by atoms with Gasteiger partial charge >= 0.3 is 0 Å². The second-order valence-electron chi connectivity index (χ2n) is 6.45. The Kier molecular flexibility index (Phi) is 5.49. The Morgan fingerprint density at radius 3 is 2.35 bits per heavy atom. The summed E-state index contributed by atoms with van der Waals surface area (Å²) in [5.74, 6) is -0.921. The summed E-state index contributed by atoms with van der Waals surface area (Å²) in [5.41, 5.74) is 0.490. The van der Waals surface area contributed by atoms with Gasteiger partial charge in [0, 0.05) is 0 Å². The van der Waals surface area contributed by atoms with Gasteiger partial charge in [-0.3, -0.25) is 0 Å². The second kappa shape index (κ2) is 7.58. The Morgan fingerprint density at radius 2 is 1.70 bits per heavy atom. The highest BCUT2D eigenvalue weighted by molar-refractivity contribution is 5.33. The number of hydrogen-bond donors (Lipinski definition) is 0. The molecule has 0 spiro atoms. The third-order valence-electron chi connectivity index (χ3n) is 5.08. The first-order chi connectivity index (χ1) is 11.2. The Labute approximate surface area is 135 Å².